The van der Waals surface area contributed by atoms with E-state index in [1.165, 1.54) is 0 Å². The van der Waals surface area contributed by atoms with Crippen LogP contribution in [-0.2, 0) is 6.54 Å². The van der Waals surface area contributed by atoms with Crippen LogP contribution in [0.4, 0.5) is 0 Å². The van der Waals surface area contributed by atoms with Gasteiger partial charge in [-0.15, -0.1) is 0 Å². The second kappa shape index (κ2) is 6.33. The first-order chi connectivity index (χ1) is 8.06. The van der Waals surface area contributed by atoms with Crippen molar-refractivity contribution in [2.75, 3.05) is 19.8 Å². The highest BCUT2D eigenvalue weighted by molar-refractivity contribution is 6.31. The third-order valence-electron chi connectivity index (χ3n) is 2.81. The predicted octanol–water partition coefficient (Wildman–Crippen LogP) is 0.454. The van der Waals surface area contributed by atoms with E-state index in [0.717, 1.165) is 11.1 Å². The highest BCUT2D eigenvalue weighted by Crippen LogP contribution is 2.17. The maximum Gasteiger partial charge on any atom is 0.0884 e. The van der Waals surface area contributed by atoms with E-state index in [-0.39, 0.29) is 19.8 Å². The van der Waals surface area contributed by atoms with Crippen LogP contribution in [0.3, 0.4) is 0 Å². The first-order valence-corrected chi connectivity index (χ1v) is 5.77. The average Bonchev–Trinajstić information content (AvgIpc) is 2.36. The van der Waals surface area contributed by atoms with Crippen LogP contribution >= 0.6 is 11.6 Å². The Morgan fingerprint density at radius 3 is 2.24 bits per heavy atom. The topological polar surface area (TPSA) is 72.7 Å². The third-order valence-corrected chi connectivity index (χ3v) is 3.22. The van der Waals surface area contributed by atoms with Gasteiger partial charge in [0.05, 0.1) is 25.4 Å². The van der Waals surface area contributed by atoms with Crippen LogP contribution < -0.4 is 5.32 Å². The summed E-state index contributed by atoms with van der Waals surface area (Å²) >= 11 is 5.99. The molecule has 0 saturated carbocycles. The summed E-state index contributed by atoms with van der Waals surface area (Å²) in [6, 6.07) is 5.63. The standard InChI is InChI=1S/C12H18ClNO3/c1-9-2-3-10(4-11(9)13)5-14-12(6-15,7-16)8-17/h2-4,14-17H,5-8H2,1H3. The van der Waals surface area contributed by atoms with Gasteiger partial charge in [0.15, 0.2) is 0 Å². The number of rotatable bonds is 6. The second-order valence-electron chi connectivity index (χ2n) is 4.19. The molecule has 0 radical (unpaired) electrons. The monoisotopic (exact) mass is 259 g/mol. The third kappa shape index (κ3) is 3.66. The van der Waals surface area contributed by atoms with Crippen LogP contribution in [0.25, 0.3) is 0 Å². The van der Waals surface area contributed by atoms with Crippen LogP contribution in [0, 0.1) is 6.92 Å². The minimum absolute atomic E-state index is 0.334. The van der Waals surface area contributed by atoms with Gasteiger partial charge in [-0.05, 0) is 24.1 Å². The van der Waals surface area contributed by atoms with Gasteiger partial charge in [-0.2, -0.15) is 0 Å². The van der Waals surface area contributed by atoms with Gasteiger partial charge >= 0.3 is 0 Å². The Hall–Kier alpha value is -0.650. The fraction of sp³-hybridized carbons (Fsp3) is 0.500. The van der Waals surface area contributed by atoms with Gasteiger partial charge in [-0.25, -0.2) is 0 Å². The minimum atomic E-state index is -1.06. The molecule has 0 bridgehead atoms. The molecule has 0 spiro atoms. The van der Waals surface area contributed by atoms with Crippen LogP contribution in [0.2, 0.25) is 5.02 Å². The first-order valence-electron chi connectivity index (χ1n) is 5.39. The second-order valence-corrected chi connectivity index (χ2v) is 4.60. The van der Waals surface area contributed by atoms with Gasteiger partial charge < -0.3 is 20.6 Å². The summed E-state index contributed by atoms with van der Waals surface area (Å²) in [5, 5.41) is 31.0. The quantitative estimate of drug-likeness (QED) is 0.599. The molecule has 1 aromatic carbocycles. The molecule has 5 heteroatoms. The number of nitrogens with one attached hydrogen (secondary N) is 1. The lowest BCUT2D eigenvalue weighted by Crippen LogP contribution is -2.54. The molecule has 4 nitrogen and oxygen atoms in total. The van der Waals surface area contributed by atoms with Crippen molar-refractivity contribution in [1.29, 1.82) is 0 Å². The lowest BCUT2D eigenvalue weighted by atomic mass is 10.0. The maximum absolute atomic E-state index is 9.14. The lowest BCUT2D eigenvalue weighted by molar-refractivity contribution is 0.0414. The Morgan fingerprint density at radius 1 is 1.18 bits per heavy atom. The minimum Gasteiger partial charge on any atom is -0.394 e. The summed E-state index contributed by atoms with van der Waals surface area (Å²) in [6.45, 7) is 1.33. The smallest absolute Gasteiger partial charge is 0.0884 e. The van der Waals surface area contributed by atoms with Gasteiger partial charge in [0.25, 0.3) is 0 Å². The lowest BCUT2D eigenvalue weighted by Gasteiger charge is -2.28. The number of aryl methyl sites for hydroxylation is 1. The van der Waals surface area contributed by atoms with Gasteiger partial charge in [-0.3, -0.25) is 0 Å². The molecule has 4 N–H and O–H groups in total. The Balaban J connectivity index is 2.68. The van der Waals surface area contributed by atoms with Crippen molar-refractivity contribution >= 4 is 11.6 Å². The molecule has 1 rings (SSSR count). The molecule has 0 aliphatic rings. The van der Waals surface area contributed by atoms with E-state index < -0.39 is 5.54 Å². The summed E-state index contributed by atoms with van der Waals surface area (Å²) < 4.78 is 0. The molecule has 0 atom stereocenters. The van der Waals surface area contributed by atoms with Crippen molar-refractivity contribution in [2.45, 2.75) is 19.0 Å². The number of hydrogen-bond donors (Lipinski definition) is 4. The molecule has 0 amide bonds. The molecular weight excluding hydrogens is 242 g/mol. The molecule has 0 fully saturated rings. The number of hydrogen-bond acceptors (Lipinski definition) is 4. The summed E-state index contributed by atoms with van der Waals surface area (Å²) in [5.41, 5.74) is 0.866. The molecule has 96 valence electrons. The van der Waals surface area contributed by atoms with E-state index in [9.17, 15) is 0 Å². The Morgan fingerprint density at radius 2 is 1.76 bits per heavy atom. The van der Waals surface area contributed by atoms with E-state index in [4.69, 9.17) is 26.9 Å². The van der Waals surface area contributed by atoms with Gasteiger partial charge in [-0.1, -0.05) is 23.7 Å². The fourth-order valence-electron chi connectivity index (χ4n) is 1.35. The number of aliphatic hydroxyl groups is 3. The fourth-order valence-corrected chi connectivity index (χ4v) is 1.56. The zero-order valence-corrected chi connectivity index (χ0v) is 10.5. The van der Waals surface area contributed by atoms with E-state index in [2.05, 4.69) is 5.32 Å². The molecule has 1 aromatic rings. The van der Waals surface area contributed by atoms with Crippen molar-refractivity contribution < 1.29 is 15.3 Å². The molecule has 0 aliphatic heterocycles. The summed E-state index contributed by atoms with van der Waals surface area (Å²) in [7, 11) is 0. The van der Waals surface area contributed by atoms with Crippen LogP contribution in [0.5, 0.6) is 0 Å². The number of benzene rings is 1. The van der Waals surface area contributed by atoms with E-state index in [0.29, 0.717) is 11.6 Å². The summed E-state index contributed by atoms with van der Waals surface area (Å²) in [4.78, 5) is 0. The molecule has 0 saturated heterocycles. The van der Waals surface area contributed by atoms with Crippen LogP contribution in [0.1, 0.15) is 11.1 Å². The van der Waals surface area contributed by atoms with E-state index in [1.807, 2.05) is 25.1 Å². The van der Waals surface area contributed by atoms with Gasteiger partial charge in [0.2, 0.25) is 0 Å². The van der Waals surface area contributed by atoms with Crippen molar-refractivity contribution in [3.8, 4) is 0 Å². The maximum atomic E-state index is 9.14. The van der Waals surface area contributed by atoms with Crippen LogP contribution in [-0.4, -0.2) is 40.7 Å². The van der Waals surface area contributed by atoms with Crippen molar-refractivity contribution in [3.63, 3.8) is 0 Å². The van der Waals surface area contributed by atoms with E-state index in [1.54, 1.807) is 0 Å². The predicted molar refractivity (Wildman–Crippen MR) is 67.0 cm³/mol. The zero-order chi connectivity index (χ0) is 12.9. The average molecular weight is 260 g/mol. The molecule has 0 aromatic heterocycles. The molecule has 17 heavy (non-hydrogen) atoms. The normalized spacial score (nSPS) is 11.8. The van der Waals surface area contributed by atoms with Crippen molar-refractivity contribution in [3.05, 3.63) is 34.3 Å². The summed E-state index contributed by atoms with van der Waals surface area (Å²) in [6.07, 6.45) is 0. The number of aliphatic hydroxyl groups excluding tert-OH is 3. The largest absolute Gasteiger partial charge is 0.394 e. The first kappa shape index (κ1) is 14.4. The van der Waals surface area contributed by atoms with E-state index >= 15 is 0 Å². The Bertz CT molecular complexity index is 359. The van der Waals surface area contributed by atoms with Crippen molar-refractivity contribution in [1.82, 2.24) is 5.32 Å². The Labute approximate surface area is 106 Å². The molecule has 0 heterocycles. The van der Waals surface area contributed by atoms with Gasteiger partial charge in [0.1, 0.15) is 0 Å². The van der Waals surface area contributed by atoms with Crippen molar-refractivity contribution in [2.24, 2.45) is 0 Å². The molecule has 0 aliphatic carbocycles. The Kier molecular flexibility index (Phi) is 5.36. The SMILES string of the molecule is Cc1ccc(CNC(CO)(CO)CO)cc1Cl. The molecule has 0 unspecified atom stereocenters. The zero-order valence-electron chi connectivity index (χ0n) is 9.78. The number of halogens is 1. The van der Waals surface area contributed by atoms with Crippen LogP contribution in [0.15, 0.2) is 18.2 Å². The molecular formula is C12H18ClNO3. The summed E-state index contributed by atoms with van der Waals surface area (Å²) in [5.74, 6) is 0. The highest BCUT2D eigenvalue weighted by Gasteiger charge is 2.26. The van der Waals surface area contributed by atoms with Gasteiger partial charge in [0, 0.05) is 11.6 Å². The highest BCUT2D eigenvalue weighted by atomic mass is 35.5.